The maximum atomic E-state index is 12.1. The molecule has 0 N–H and O–H groups in total. The highest BCUT2D eigenvalue weighted by Crippen LogP contribution is 2.26. The molecule has 0 spiro atoms. The van der Waals surface area contributed by atoms with E-state index < -0.39 is 0 Å². The van der Waals surface area contributed by atoms with Crippen molar-refractivity contribution in [3.05, 3.63) is 29.8 Å². The molecule has 1 saturated heterocycles. The van der Waals surface area contributed by atoms with E-state index in [0.717, 1.165) is 12.3 Å². The molecule has 1 heterocycles. The van der Waals surface area contributed by atoms with Crippen LogP contribution in [0.15, 0.2) is 24.3 Å². The van der Waals surface area contributed by atoms with Crippen molar-refractivity contribution < 1.29 is 9.53 Å². The standard InChI is InChI=1S/C16H23ClN2O2/c1-18(2)15(13-4-6-14(21-3)7-5-13)11-19-10-12(9-17)8-16(19)20/h4-7,12,15H,8-11H2,1-3H3. The van der Waals surface area contributed by atoms with Gasteiger partial charge in [0.15, 0.2) is 0 Å². The van der Waals surface area contributed by atoms with Crippen LogP contribution >= 0.6 is 11.6 Å². The molecule has 1 aromatic carbocycles. The van der Waals surface area contributed by atoms with Crippen LogP contribution in [0.2, 0.25) is 0 Å². The molecule has 1 fully saturated rings. The number of likely N-dealkylation sites (tertiary alicyclic amines) is 1. The molecule has 1 aliphatic rings. The molecule has 0 bridgehead atoms. The molecule has 1 amide bonds. The molecule has 0 saturated carbocycles. The van der Waals surface area contributed by atoms with E-state index in [9.17, 15) is 4.79 Å². The highest BCUT2D eigenvalue weighted by atomic mass is 35.5. The fourth-order valence-electron chi connectivity index (χ4n) is 2.74. The number of carbonyl (C=O) groups excluding carboxylic acids is 1. The first-order valence-electron chi connectivity index (χ1n) is 7.19. The number of hydrogen-bond donors (Lipinski definition) is 0. The zero-order valence-corrected chi connectivity index (χ0v) is 13.6. The number of carbonyl (C=O) groups is 1. The van der Waals surface area contributed by atoms with Gasteiger partial charge in [0, 0.05) is 25.4 Å². The summed E-state index contributed by atoms with van der Waals surface area (Å²) in [6.07, 6.45) is 0.576. The van der Waals surface area contributed by atoms with E-state index >= 15 is 0 Å². The number of methoxy groups -OCH3 is 1. The largest absolute Gasteiger partial charge is 0.497 e. The van der Waals surface area contributed by atoms with Crippen molar-refractivity contribution >= 4 is 17.5 Å². The summed E-state index contributed by atoms with van der Waals surface area (Å²) in [5, 5.41) is 0. The molecule has 116 valence electrons. The average Bonchev–Trinajstić information content (AvgIpc) is 2.85. The lowest BCUT2D eigenvalue weighted by molar-refractivity contribution is -0.128. The van der Waals surface area contributed by atoms with Crippen LogP contribution in [0.25, 0.3) is 0 Å². The van der Waals surface area contributed by atoms with Gasteiger partial charge in [0.25, 0.3) is 0 Å². The fourth-order valence-corrected chi connectivity index (χ4v) is 2.94. The van der Waals surface area contributed by atoms with E-state index in [1.165, 1.54) is 5.56 Å². The van der Waals surface area contributed by atoms with Crippen molar-refractivity contribution in [3.63, 3.8) is 0 Å². The maximum Gasteiger partial charge on any atom is 0.223 e. The summed E-state index contributed by atoms with van der Waals surface area (Å²) >= 11 is 5.88. The second-order valence-corrected chi connectivity index (χ2v) is 6.08. The van der Waals surface area contributed by atoms with Crippen LogP contribution in [0.1, 0.15) is 18.0 Å². The first-order chi connectivity index (χ1) is 10.0. The molecule has 5 heteroatoms. The number of ether oxygens (including phenoxy) is 1. The Balaban J connectivity index is 2.10. The highest BCUT2D eigenvalue weighted by Gasteiger charge is 2.31. The summed E-state index contributed by atoms with van der Waals surface area (Å²) in [6.45, 7) is 1.47. The summed E-state index contributed by atoms with van der Waals surface area (Å²) in [6, 6.07) is 8.21. The van der Waals surface area contributed by atoms with Crippen LogP contribution in [-0.2, 0) is 4.79 Å². The number of likely N-dealkylation sites (N-methyl/N-ethyl adjacent to an activating group) is 1. The topological polar surface area (TPSA) is 32.8 Å². The maximum absolute atomic E-state index is 12.1. The van der Waals surface area contributed by atoms with Crippen molar-refractivity contribution in [1.29, 1.82) is 0 Å². The average molecular weight is 311 g/mol. The van der Waals surface area contributed by atoms with E-state index in [1.54, 1.807) is 7.11 Å². The Morgan fingerprint density at radius 2 is 2.05 bits per heavy atom. The lowest BCUT2D eigenvalue weighted by Gasteiger charge is -2.29. The van der Waals surface area contributed by atoms with Crippen LogP contribution in [0.5, 0.6) is 5.75 Å². The van der Waals surface area contributed by atoms with Crippen LogP contribution in [0.3, 0.4) is 0 Å². The van der Waals surface area contributed by atoms with Gasteiger partial charge in [-0.1, -0.05) is 12.1 Å². The van der Waals surface area contributed by atoms with Crippen molar-refractivity contribution in [3.8, 4) is 5.75 Å². The van der Waals surface area contributed by atoms with Gasteiger partial charge in [-0.2, -0.15) is 0 Å². The molecule has 0 aliphatic carbocycles. The van der Waals surface area contributed by atoms with Gasteiger partial charge in [0.1, 0.15) is 5.75 Å². The van der Waals surface area contributed by atoms with Crippen molar-refractivity contribution in [2.24, 2.45) is 5.92 Å². The summed E-state index contributed by atoms with van der Waals surface area (Å²) in [5.74, 6) is 1.90. The smallest absolute Gasteiger partial charge is 0.223 e. The zero-order valence-electron chi connectivity index (χ0n) is 12.9. The summed E-state index contributed by atoms with van der Waals surface area (Å²) in [7, 11) is 5.73. The van der Waals surface area contributed by atoms with Crippen LogP contribution in [-0.4, -0.2) is 55.9 Å². The van der Waals surface area contributed by atoms with Gasteiger partial charge in [-0.25, -0.2) is 0 Å². The third-order valence-corrected chi connectivity index (χ3v) is 4.47. The third kappa shape index (κ3) is 3.89. The first kappa shape index (κ1) is 16.1. The Kier molecular flexibility index (Phi) is 5.48. The lowest BCUT2D eigenvalue weighted by atomic mass is 10.1. The number of amides is 1. The monoisotopic (exact) mass is 310 g/mol. The Hall–Kier alpha value is -1.26. The van der Waals surface area contributed by atoms with E-state index in [-0.39, 0.29) is 17.9 Å². The summed E-state index contributed by atoms with van der Waals surface area (Å²) in [5.41, 5.74) is 1.18. The second-order valence-electron chi connectivity index (χ2n) is 5.78. The predicted octanol–water partition coefficient (Wildman–Crippen LogP) is 2.39. The van der Waals surface area contributed by atoms with Crippen LogP contribution in [0, 0.1) is 5.92 Å². The molecule has 1 aliphatic heterocycles. The van der Waals surface area contributed by atoms with Crippen molar-refractivity contribution in [1.82, 2.24) is 9.80 Å². The van der Waals surface area contributed by atoms with Crippen LogP contribution < -0.4 is 4.74 Å². The quantitative estimate of drug-likeness (QED) is 0.756. The first-order valence-corrected chi connectivity index (χ1v) is 7.72. The SMILES string of the molecule is COc1ccc(C(CN2CC(CCl)CC2=O)N(C)C)cc1. The second kappa shape index (κ2) is 7.14. The minimum atomic E-state index is 0.175. The summed E-state index contributed by atoms with van der Waals surface area (Å²) < 4.78 is 5.20. The molecule has 4 nitrogen and oxygen atoms in total. The predicted molar refractivity (Wildman–Crippen MR) is 84.8 cm³/mol. The van der Waals surface area contributed by atoms with Gasteiger partial charge in [-0.15, -0.1) is 11.6 Å². The molecular weight excluding hydrogens is 288 g/mol. The Morgan fingerprint density at radius 1 is 1.38 bits per heavy atom. The Bertz CT molecular complexity index is 476. The molecule has 21 heavy (non-hydrogen) atoms. The van der Waals surface area contributed by atoms with Gasteiger partial charge in [0.05, 0.1) is 13.2 Å². The molecule has 2 rings (SSSR count). The molecule has 0 radical (unpaired) electrons. The molecule has 0 aromatic heterocycles. The van der Waals surface area contributed by atoms with Gasteiger partial charge < -0.3 is 14.5 Å². The van der Waals surface area contributed by atoms with Crippen LogP contribution in [0.4, 0.5) is 0 Å². The van der Waals surface area contributed by atoms with E-state index in [0.29, 0.717) is 18.8 Å². The van der Waals surface area contributed by atoms with Crippen molar-refractivity contribution in [2.45, 2.75) is 12.5 Å². The van der Waals surface area contributed by atoms with Gasteiger partial charge >= 0.3 is 0 Å². The van der Waals surface area contributed by atoms with E-state index in [1.807, 2.05) is 31.1 Å². The Morgan fingerprint density at radius 3 is 2.52 bits per heavy atom. The van der Waals surface area contributed by atoms with E-state index in [2.05, 4.69) is 17.0 Å². The van der Waals surface area contributed by atoms with E-state index in [4.69, 9.17) is 16.3 Å². The molecule has 2 unspecified atom stereocenters. The highest BCUT2D eigenvalue weighted by molar-refractivity contribution is 6.18. The summed E-state index contributed by atoms with van der Waals surface area (Å²) in [4.78, 5) is 16.1. The molecule has 2 atom stereocenters. The fraction of sp³-hybridized carbons (Fsp3) is 0.562. The number of benzene rings is 1. The number of halogens is 1. The number of nitrogens with zero attached hydrogens (tertiary/aromatic N) is 2. The normalized spacial score (nSPS) is 20.1. The number of alkyl halides is 1. The zero-order chi connectivity index (χ0) is 15.4. The van der Waals surface area contributed by atoms with Gasteiger partial charge in [-0.05, 0) is 37.7 Å². The van der Waals surface area contributed by atoms with Gasteiger partial charge in [0.2, 0.25) is 5.91 Å². The lowest BCUT2D eigenvalue weighted by Crippen LogP contribution is -2.35. The number of hydrogen-bond acceptors (Lipinski definition) is 3. The van der Waals surface area contributed by atoms with Gasteiger partial charge in [-0.3, -0.25) is 4.79 Å². The Labute approximate surface area is 131 Å². The van der Waals surface area contributed by atoms with Crippen molar-refractivity contribution in [2.75, 3.05) is 40.2 Å². The minimum absolute atomic E-state index is 0.175. The minimum Gasteiger partial charge on any atom is -0.497 e. The third-order valence-electron chi connectivity index (χ3n) is 4.03. The molecular formula is C16H23ClN2O2. The number of rotatable bonds is 6. The molecule has 1 aromatic rings.